The number of halogens is 1. The first-order chi connectivity index (χ1) is 9.85. The molecule has 0 atom stereocenters. The maximum Gasteiger partial charge on any atom is 0.320 e. The summed E-state index contributed by atoms with van der Waals surface area (Å²) in [6.07, 6.45) is 3.15. The minimum atomic E-state index is 0.402. The lowest BCUT2D eigenvalue weighted by Crippen LogP contribution is -2.17. The number of hydrogen-bond donors (Lipinski definition) is 1. The van der Waals surface area contributed by atoms with Gasteiger partial charge in [-0.1, -0.05) is 5.10 Å². The van der Waals surface area contributed by atoms with E-state index in [1.165, 1.54) is 18.5 Å². The summed E-state index contributed by atoms with van der Waals surface area (Å²) in [5.74, 6) is 1.03. The first kappa shape index (κ1) is 13.2. The Morgan fingerprint density at radius 1 is 1.15 bits per heavy atom. The smallest absolute Gasteiger partial charge is 0.320 e. The van der Waals surface area contributed by atoms with Gasteiger partial charge in [-0.2, -0.15) is 0 Å². The number of alkyl halides is 1. The van der Waals surface area contributed by atoms with Crippen LogP contribution in [-0.4, -0.2) is 29.2 Å². The third-order valence-electron chi connectivity index (χ3n) is 3.36. The fourth-order valence-corrected chi connectivity index (χ4v) is 2.50. The molecule has 0 amide bonds. The number of rotatable bonds is 5. The molecule has 3 rings (SSSR count). The first-order valence-electron chi connectivity index (χ1n) is 6.85. The van der Waals surface area contributed by atoms with Crippen molar-refractivity contribution < 1.29 is 4.42 Å². The molecule has 0 radical (unpaired) electrons. The molecule has 1 aromatic carbocycles. The Bertz CT molecular complexity index is 549. The molecule has 106 valence electrons. The molecule has 1 aliphatic rings. The quantitative estimate of drug-likeness (QED) is 0.858. The first-order valence-corrected chi connectivity index (χ1v) is 7.39. The van der Waals surface area contributed by atoms with E-state index >= 15 is 0 Å². The number of nitrogens with zero attached hydrogens (tertiary/aromatic N) is 3. The highest BCUT2D eigenvalue weighted by Gasteiger charge is 2.12. The van der Waals surface area contributed by atoms with Crippen molar-refractivity contribution in [2.75, 3.05) is 29.2 Å². The molecule has 6 heteroatoms. The molecule has 0 saturated carbocycles. The number of anilines is 3. The number of aromatic nitrogens is 2. The monoisotopic (exact) mass is 292 g/mol. The van der Waals surface area contributed by atoms with E-state index in [1.54, 1.807) is 0 Å². The number of benzene rings is 1. The molecule has 0 spiro atoms. The topological polar surface area (TPSA) is 54.2 Å². The van der Waals surface area contributed by atoms with Crippen molar-refractivity contribution in [3.8, 4) is 0 Å². The fraction of sp³-hybridized carbons (Fsp3) is 0.429. The Hall–Kier alpha value is -1.75. The van der Waals surface area contributed by atoms with Crippen LogP contribution in [0.15, 0.2) is 28.7 Å². The van der Waals surface area contributed by atoms with Gasteiger partial charge in [-0.25, -0.2) is 0 Å². The van der Waals surface area contributed by atoms with E-state index in [4.69, 9.17) is 16.0 Å². The Labute approximate surface area is 122 Å². The van der Waals surface area contributed by atoms with Gasteiger partial charge in [0.1, 0.15) is 0 Å². The molecule has 1 aliphatic heterocycles. The van der Waals surface area contributed by atoms with Crippen LogP contribution in [0, 0.1) is 0 Å². The highest BCUT2D eigenvalue weighted by molar-refractivity contribution is 6.17. The van der Waals surface area contributed by atoms with Gasteiger partial charge in [0.25, 0.3) is 0 Å². The molecule has 0 aliphatic carbocycles. The van der Waals surface area contributed by atoms with Crippen molar-refractivity contribution in [1.82, 2.24) is 10.2 Å². The molecule has 5 nitrogen and oxygen atoms in total. The highest BCUT2D eigenvalue weighted by Crippen LogP contribution is 2.23. The van der Waals surface area contributed by atoms with Crippen molar-refractivity contribution in [3.63, 3.8) is 0 Å². The zero-order chi connectivity index (χ0) is 13.8. The van der Waals surface area contributed by atoms with Gasteiger partial charge >= 0.3 is 6.01 Å². The molecule has 0 unspecified atom stereocenters. The van der Waals surface area contributed by atoms with Crippen molar-refractivity contribution >= 4 is 29.0 Å². The molecule has 2 heterocycles. The predicted molar refractivity (Wildman–Crippen MR) is 79.9 cm³/mol. The van der Waals surface area contributed by atoms with Crippen molar-refractivity contribution in [1.29, 1.82) is 0 Å². The van der Waals surface area contributed by atoms with Gasteiger partial charge in [0.15, 0.2) is 0 Å². The Morgan fingerprint density at radius 2 is 1.90 bits per heavy atom. The van der Waals surface area contributed by atoms with Crippen LogP contribution in [-0.2, 0) is 6.42 Å². The van der Waals surface area contributed by atoms with E-state index < -0.39 is 0 Å². The Morgan fingerprint density at radius 3 is 2.60 bits per heavy atom. The molecule has 1 aromatic heterocycles. The predicted octanol–water partition coefficient (Wildman–Crippen LogP) is 3.19. The number of hydrogen-bond acceptors (Lipinski definition) is 5. The van der Waals surface area contributed by atoms with Gasteiger partial charge in [0.05, 0.1) is 0 Å². The second kappa shape index (κ2) is 6.13. The molecular formula is C14H17ClN4O. The fourth-order valence-electron chi connectivity index (χ4n) is 2.34. The summed E-state index contributed by atoms with van der Waals surface area (Å²) in [7, 11) is 0. The lowest BCUT2D eigenvalue weighted by molar-refractivity contribution is 0.516. The van der Waals surface area contributed by atoms with Crippen LogP contribution in [0.3, 0.4) is 0 Å². The second-order valence-electron chi connectivity index (χ2n) is 4.81. The van der Waals surface area contributed by atoms with Crippen LogP contribution in [0.2, 0.25) is 0 Å². The molecule has 1 fully saturated rings. The minimum absolute atomic E-state index is 0.402. The molecule has 0 bridgehead atoms. The van der Waals surface area contributed by atoms with Gasteiger partial charge in [0.2, 0.25) is 5.89 Å². The summed E-state index contributed by atoms with van der Waals surface area (Å²) in [6, 6.07) is 8.69. The molecular weight excluding hydrogens is 276 g/mol. The van der Waals surface area contributed by atoms with Gasteiger partial charge in [-0.05, 0) is 37.1 Å². The van der Waals surface area contributed by atoms with Crippen molar-refractivity contribution in [2.24, 2.45) is 0 Å². The zero-order valence-electron chi connectivity index (χ0n) is 11.2. The Balaban J connectivity index is 1.64. The second-order valence-corrected chi connectivity index (χ2v) is 5.18. The van der Waals surface area contributed by atoms with E-state index in [2.05, 4.69) is 32.5 Å². The van der Waals surface area contributed by atoms with E-state index in [9.17, 15) is 0 Å². The van der Waals surface area contributed by atoms with Crippen molar-refractivity contribution in [3.05, 3.63) is 30.2 Å². The third kappa shape index (κ3) is 3.04. The Kier molecular flexibility index (Phi) is 4.06. The highest BCUT2D eigenvalue weighted by atomic mass is 35.5. The van der Waals surface area contributed by atoms with E-state index in [0.717, 1.165) is 18.8 Å². The average Bonchev–Trinajstić information content (AvgIpc) is 3.12. The molecule has 1 N–H and O–H groups in total. The number of aryl methyl sites for hydroxylation is 1. The van der Waals surface area contributed by atoms with Crippen LogP contribution in [0.1, 0.15) is 18.7 Å². The summed E-state index contributed by atoms with van der Waals surface area (Å²) in [5.41, 5.74) is 2.20. The lowest BCUT2D eigenvalue weighted by Gasteiger charge is -2.17. The summed E-state index contributed by atoms with van der Waals surface area (Å²) in [6.45, 7) is 2.30. The average molecular weight is 293 g/mol. The minimum Gasteiger partial charge on any atom is -0.408 e. The van der Waals surface area contributed by atoms with Crippen LogP contribution in [0.25, 0.3) is 0 Å². The maximum absolute atomic E-state index is 5.63. The van der Waals surface area contributed by atoms with Crippen LogP contribution < -0.4 is 10.2 Å². The molecule has 1 saturated heterocycles. The summed E-state index contributed by atoms with van der Waals surface area (Å²) in [4.78, 5) is 2.40. The largest absolute Gasteiger partial charge is 0.408 e. The van der Waals surface area contributed by atoms with Crippen LogP contribution in [0.4, 0.5) is 17.4 Å². The molecule has 20 heavy (non-hydrogen) atoms. The molecule has 2 aromatic rings. The standard InChI is InChI=1S/C14H17ClN4O/c15-8-7-13-17-18-14(20-13)16-11-3-5-12(6-4-11)19-9-1-2-10-19/h3-6H,1-2,7-10H2,(H,16,18). The summed E-state index contributed by atoms with van der Waals surface area (Å²) >= 11 is 5.63. The SMILES string of the molecule is ClCCc1nnc(Nc2ccc(N3CCCC3)cc2)o1. The normalized spacial score (nSPS) is 14.8. The van der Waals surface area contributed by atoms with E-state index in [-0.39, 0.29) is 0 Å². The summed E-state index contributed by atoms with van der Waals surface area (Å²) in [5, 5.41) is 10.9. The van der Waals surface area contributed by atoms with Crippen LogP contribution >= 0.6 is 11.6 Å². The third-order valence-corrected chi connectivity index (χ3v) is 3.55. The van der Waals surface area contributed by atoms with Gasteiger partial charge in [0, 0.05) is 36.8 Å². The maximum atomic E-state index is 5.63. The van der Waals surface area contributed by atoms with E-state index in [1.807, 2.05) is 12.1 Å². The zero-order valence-corrected chi connectivity index (χ0v) is 11.9. The van der Waals surface area contributed by atoms with Gasteiger partial charge in [-0.15, -0.1) is 16.7 Å². The number of nitrogens with one attached hydrogen (secondary N) is 1. The lowest BCUT2D eigenvalue weighted by atomic mass is 10.2. The van der Waals surface area contributed by atoms with Crippen LogP contribution in [0.5, 0.6) is 0 Å². The summed E-state index contributed by atoms with van der Waals surface area (Å²) < 4.78 is 5.43. The van der Waals surface area contributed by atoms with Crippen molar-refractivity contribution in [2.45, 2.75) is 19.3 Å². The van der Waals surface area contributed by atoms with E-state index in [0.29, 0.717) is 24.2 Å². The van der Waals surface area contributed by atoms with Gasteiger partial charge < -0.3 is 14.6 Å². The van der Waals surface area contributed by atoms with Gasteiger partial charge in [-0.3, -0.25) is 0 Å².